The van der Waals surface area contributed by atoms with Crippen molar-refractivity contribution in [1.29, 1.82) is 0 Å². The van der Waals surface area contributed by atoms with Crippen LogP contribution in [0.4, 0.5) is 0 Å². The normalized spacial score (nSPS) is 12.6. The van der Waals surface area contributed by atoms with Crippen LogP contribution in [0.1, 0.15) is 37.9 Å². The average molecular weight is 374 g/mol. The van der Waals surface area contributed by atoms with Crippen molar-refractivity contribution < 1.29 is 9.53 Å². The molecule has 21 heavy (non-hydrogen) atoms. The zero-order valence-electron chi connectivity index (χ0n) is 12.1. The van der Waals surface area contributed by atoms with Crippen LogP contribution in [0.25, 0.3) is 11.0 Å². The number of ether oxygens (including phenoxy) is 1. The van der Waals surface area contributed by atoms with E-state index in [0.717, 1.165) is 21.3 Å². The highest BCUT2D eigenvalue weighted by molar-refractivity contribution is 9.10. The van der Waals surface area contributed by atoms with Gasteiger partial charge in [-0.05, 0) is 38.5 Å². The number of imidazole rings is 1. The number of nitrogens with zero attached hydrogens (tertiary/aromatic N) is 2. The monoisotopic (exact) mass is 372 g/mol. The summed E-state index contributed by atoms with van der Waals surface area (Å²) in [6.07, 6.45) is 1.11. The Morgan fingerprint density at radius 1 is 1.52 bits per heavy atom. The van der Waals surface area contributed by atoms with Gasteiger partial charge in [0.2, 0.25) is 0 Å². The van der Waals surface area contributed by atoms with Crippen molar-refractivity contribution in [2.45, 2.75) is 38.6 Å². The molecule has 0 saturated carbocycles. The fourth-order valence-electron chi connectivity index (χ4n) is 2.27. The predicted molar refractivity (Wildman–Crippen MR) is 87.6 cm³/mol. The minimum Gasteiger partial charge on any atom is -0.466 e. The van der Waals surface area contributed by atoms with E-state index in [4.69, 9.17) is 16.3 Å². The van der Waals surface area contributed by atoms with Gasteiger partial charge in [0.25, 0.3) is 0 Å². The fraction of sp³-hybridized carbons (Fsp3) is 0.467. The minimum absolute atomic E-state index is 0.162. The summed E-state index contributed by atoms with van der Waals surface area (Å²) in [5.74, 6) is 0.666. The Balaban J connectivity index is 2.20. The van der Waals surface area contributed by atoms with Crippen LogP contribution in [0.3, 0.4) is 0 Å². The van der Waals surface area contributed by atoms with Crippen molar-refractivity contribution >= 4 is 44.5 Å². The third kappa shape index (κ3) is 3.98. The number of benzene rings is 1. The van der Waals surface area contributed by atoms with Gasteiger partial charge in [-0.1, -0.05) is 15.9 Å². The predicted octanol–water partition coefficient (Wildman–Crippen LogP) is 4.44. The first kappa shape index (κ1) is 16.3. The molecular formula is C15H18BrClN2O2. The number of fused-ring (bicyclic) bond motifs is 1. The lowest BCUT2D eigenvalue weighted by Crippen LogP contribution is -2.08. The molecule has 6 heteroatoms. The molecule has 114 valence electrons. The third-order valence-corrected chi connectivity index (χ3v) is 3.85. The summed E-state index contributed by atoms with van der Waals surface area (Å²) < 4.78 is 8.01. The van der Waals surface area contributed by atoms with E-state index in [-0.39, 0.29) is 11.3 Å². The van der Waals surface area contributed by atoms with Gasteiger partial charge >= 0.3 is 5.97 Å². The maximum absolute atomic E-state index is 11.4. The van der Waals surface area contributed by atoms with Crippen molar-refractivity contribution in [3.05, 3.63) is 28.5 Å². The Kier molecular flexibility index (Phi) is 5.65. The molecule has 0 amide bonds. The summed E-state index contributed by atoms with van der Waals surface area (Å²) in [5, 5.41) is -0.182. The summed E-state index contributed by atoms with van der Waals surface area (Å²) in [6, 6.07) is 5.97. The van der Waals surface area contributed by atoms with Crippen LogP contribution in [0.2, 0.25) is 0 Å². The number of aryl methyl sites for hydroxylation is 1. The first-order valence-corrected chi connectivity index (χ1v) is 8.21. The first-order chi connectivity index (χ1) is 10.0. The standard InChI is InChI=1S/C15H18BrClN2O2/c1-3-21-14(20)5-4-8-19-13-7-6-11(16)9-12(13)18-15(19)10(2)17/h6-7,9-10H,3-5,8H2,1-2H3. The minimum atomic E-state index is -0.182. The maximum Gasteiger partial charge on any atom is 0.305 e. The van der Waals surface area contributed by atoms with Gasteiger partial charge in [0.15, 0.2) is 0 Å². The highest BCUT2D eigenvalue weighted by Gasteiger charge is 2.15. The van der Waals surface area contributed by atoms with Crippen molar-refractivity contribution in [3.63, 3.8) is 0 Å². The van der Waals surface area contributed by atoms with E-state index in [2.05, 4.69) is 25.5 Å². The molecule has 0 N–H and O–H groups in total. The molecule has 1 unspecified atom stereocenters. The zero-order chi connectivity index (χ0) is 15.4. The van der Waals surface area contributed by atoms with Crippen LogP contribution in [0, 0.1) is 0 Å². The lowest BCUT2D eigenvalue weighted by Gasteiger charge is -2.10. The molecule has 0 fully saturated rings. The van der Waals surface area contributed by atoms with Crippen molar-refractivity contribution in [3.8, 4) is 0 Å². The van der Waals surface area contributed by atoms with Gasteiger partial charge in [-0.25, -0.2) is 4.98 Å². The number of hydrogen-bond acceptors (Lipinski definition) is 3. The lowest BCUT2D eigenvalue weighted by molar-refractivity contribution is -0.143. The molecule has 0 saturated heterocycles. The molecule has 2 rings (SSSR count). The van der Waals surface area contributed by atoms with Crippen LogP contribution in [0.15, 0.2) is 22.7 Å². The van der Waals surface area contributed by atoms with Gasteiger partial charge in [-0.2, -0.15) is 0 Å². The molecule has 0 aliphatic rings. The van der Waals surface area contributed by atoms with E-state index in [9.17, 15) is 4.79 Å². The van der Waals surface area contributed by atoms with Crippen LogP contribution in [-0.4, -0.2) is 22.1 Å². The summed E-state index contributed by atoms with van der Waals surface area (Å²) >= 11 is 9.67. The van der Waals surface area contributed by atoms with Crippen molar-refractivity contribution in [1.82, 2.24) is 9.55 Å². The molecular weight excluding hydrogens is 356 g/mol. The molecule has 0 spiro atoms. The smallest absolute Gasteiger partial charge is 0.305 e. The lowest BCUT2D eigenvalue weighted by atomic mass is 10.3. The van der Waals surface area contributed by atoms with Crippen molar-refractivity contribution in [2.24, 2.45) is 0 Å². The second kappa shape index (κ2) is 7.27. The average Bonchev–Trinajstić information content (AvgIpc) is 2.77. The number of rotatable bonds is 6. The number of carbonyl (C=O) groups excluding carboxylic acids is 1. The number of carbonyl (C=O) groups is 1. The Labute approximate surface area is 137 Å². The molecule has 1 heterocycles. The molecule has 0 aliphatic heterocycles. The van der Waals surface area contributed by atoms with Crippen LogP contribution < -0.4 is 0 Å². The third-order valence-electron chi connectivity index (χ3n) is 3.16. The Morgan fingerprint density at radius 3 is 2.95 bits per heavy atom. The molecule has 1 aromatic heterocycles. The molecule has 1 atom stereocenters. The molecule has 1 aromatic carbocycles. The van der Waals surface area contributed by atoms with Crippen molar-refractivity contribution in [2.75, 3.05) is 6.61 Å². The number of halogens is 2. The second-order valence-electron chi connectivity index (χ2n) is 4.78. The second-order valence-corrected chi connectivity index (χ2v) is 6.35. The van der Waals surface area contributed by atoms with E-state index < -0.39 is 0 Å². The molecule has 0 radical (unpaired) electrons. The highest BCUT2D eigenvalue weighted by atomic mass is 79.9. The highest BCUT2D eigenvalue weighted by Crippen LogP contribution is 2.27. The van der Waals surface area contributed by atoms with Crippen LogP contribution >= 0.6 is 27.5 Å². The van der Waals surface area contributed by atoms with Gasteiger partial charge < -0.3 is 9.30 Å². The largest absolute Gasteiger partial charge is 0.466 e. The fourth-order valence-corrected chi connectivity index (χ4v) is 2.79. The van der Waals surface area contributed by atoms with Crippen LogP contribution in [-0.2, 0) is 16.1 Å². The van der Waals surface area contributed by atoms with Gasteiger partial charge in [0.05, 0.1) is 23.0 Å². The van der Waals surface area contributed by atoms with Crippen LogP contribution in [0.5, 0.6) is 0 Å². The molecule has 0 aliphatic carbocycles. The molecule has 4 nitrogen and oxygen atoms in total. The van der Waals surface area contributed by atoms with E-state index in [1.807, 2.05) is 32.0 Å². The molecule has 0 bridgehead atoms. The Morgan fingerprint density at radius 2 is 2.29 bits per heavy atom. The van der Waals surface area contributed by atoms with E-state index in [1.165, 1.54) is 0 Å². The topological polar surface area (TPSA) is 44.1 Å². The number of alkyl halides is 1. The van der Waals surface area contributed by atoms with E-state index in [1.54, 1.807) is 0 Å². The summed E-state index contributed by atoms with van der Waals surface area (Å²) in [5.41, 5.74) is 1.94. The number of aromatic nitrogens is 2. The SMILES string of the molecule is CCOC(=O)CCCn1c(C(C)Cl)nc2cc(Br)ccc21. The number of esters is 1. The Hall–Kier alpha value is -1.07. The van der Waals surface area contributed by atoms with Gasteiger partial charge in [0, 0.05) is 17.4 Å². The van der Waals surface area contributed by atoms with Gasteiger partial charge in [-0.15, -0.1) is 11.6 Å². The quantitative estimate of drug-likeness (QED) is 0.555. The Bertz CT molecular complexity index is 640. The first-order valence-electron chi connectivity index (χ1n) is 6.98. The summed E-state index contributed by atoms with van der Waals surface area (Å²) in [4.78, 5) is 16.0. The van der Waals surface area contributed by atoms with Gasteiger partial charge in [-0.3, -0.25) is 4.79 Å². The maximum atomic E-state index is 11.4. The zero-order valence-corrected chi connectivity index (χ0v) is 14.4. The van der Waals surface area contributed by atoms with E-state index in [0.29, 0.717) is 26.0 Å². The van der Waals surface area contributed by atoms with Gasteiger partial charge in [0.1, 0.15) is 5.82 Å². The van der Waals surface area contributed by atoms with E-state index >= 15 is 0 Å². The number of hydrogen-bond donors (Lipinski definition) is 0. The molecule has 2 aromatic rings. The summed E-state index contributed by atoms with van der Waals surface area (Å²) in [7, 11) is 0. The summed E-state index contributed by atoms with van der Waals surface area (Å²) in [6.45, 7) is 4.83.